The first kappa shape index (κ1) is 23.2. The lowest BCUT2D eigenvalue weighted by Crippen LogP contribution is -2.52. The first-order valence-electron chi connectivity index (χ1n) is 12.0. The van der Waals surface area contributed by atoms with Gasteiger partial charge in [0.25, 0.3) is 0 Å². The summed E-state index contributed by atoms with van der Waals surface area (Å²) in [6.45, 7) is 1.03. The van der Waals surface area contributed by atoms with E-state index in [-0.39, 0.29) is 17.5 Å². The second-order valence-corrected chi connectivity index (χ2v) is 9.49. The van der Waals surface area contributed by atoms with Crippen LogP contribution in [-0.4, -0.2) is 55.8 Å². The van der Waals surface area contributed by atoms with Gasteiger partial charge in [-0.05, 0) is 69.1 Å². The first-order chi connectivity index (χ1) is 17.0. The van der Waals surface area contributed by atoms with E-state index in [1.807, 2.05) is 30.3 Å². The van der Waals surface area contributed by atoms with Crippen molar-refractivity contribution >= 4 is 11.7 Å². The van der Waals surface area contributed by atoms with Crippen LogP contribution in [0.15, 0.2) is 59.5 Å². The number of nitrogens with one attached hydrogen (secondary N) is 2. The third-order valence-corrected chi connectivity index (χ3v) is 7.66. The molecule has 0 radical (unpaired) electrons. The zero-order valence-corrected chi connectivity index (χ0v) is 20.4. The molecule has 8 nitrogen and oxygen atoms in total. The summed E-state index contributed by atoms with van der Waals surface area (Å²) in [4.78, 5) is 19.2. The van der Waals surface area contributed by atoms with Gasteiger partial charge in [-0.2, -0.15) is 0 Å². The number of carbonyl (C=O) groups is 1. The molecule has 0 spiro atoms. The van der Waals surface area contributed by atoms with E-state index in [9.17, 15) is 4.79 Å². The summed E-state index contributed by atoms with van der Waals surface area (Å²) in [5.74, 6) is 2.17. The van der Waals surface area contributed by atoms with Crippen LogP contribution in [0.5, 0.6) is 11.5 Å². The fourth-order valence-electron chi connectivity index (χ4n) is 5.86. The Labute approximate surface area is 205 Å². The number of rotatable bonds is 6. The number of oxazole rings is 1. The highest BCUT2D eigenvalue weighted by Crippen LogP contribution is 2.49. The van der Waals surface area contributed by atoms with E-state index in [4.69, 9.17) is 13.9 Å². The van der Waals surface area contributed by atoms with Gasteiger partial charge in [0, 0.05) is 28.7 Å². The maximum Gasteiger partial charge on any atom is 0.319 e. The van der Waals surface area contributed by atoms with Gasteiger partial charge >= 0.3 is 6.03 Å². The first-order valence-corrected chi connectivity index (χ1v) is 12.0. The van der Waals surface area contributed by atoms with E-state index < -0.39 is 0 Å². The second kappa shape index (κ2) is 9.62. The largest absolute Gasteiger partial charge is 0.493 e. The lowest BCUT2D eigenvalue weighted by atomic mass is 9.65. The van der Waals surface area contributed by atoms with Gasteiger partial charge in [0.05, 0.1) is 20.4 Å². The molecule has 0 unspecified atom stereocenters. The average Bonchev–Trinajstić information content (AvgIpc) is 3.53. The number of amides is 2. The second-order valence-electron chi connectivity index (χ2n) is 9.49. The lowest BCUT2D eigenvalue weighted by Gasteiger charge is -2.45. The summed E-state index contributed by atoms with van der Waals surface area (Å²) in [5.41, 5.74) is 2.92. The molecule has 1 aliphatic heterocycles. The number of hydrogen-bond acceptors (Lipinski definition) is 6. The molecule has 2 amide bonds. The third kappa shape index (κ3) is 4.46. The maximum atomic E-state index is 12.9. The van der Waals surface area contributed by atoms with Gasteiger partial charge in [-0.1, -0.05) is 18.2 Å². The highest BCUT2D eigenvalue weighted by atomic mass is 16.5. The molecular weight excluding hydrogens is 444 g/mol. The van der Waals surface area contributed by atoms with Crippen molar-refractivity contribution in [2.24, 2.45) is 0 Å². The molecule has 2 aromatic carbocycles. The number of anilines is 1. The van der Waals surface area contributed by atoms with Crippen LogP contribution in [0.2, 0.25) is 0 Å². The minimum absolute atomic E-state index is 0.0500. The summed E-state index contributed by atoms with van der Waals surface area (Å²) in [7, 11) is 5.52. The Morgan fingerprint density at radius 1 is 1.14 bits per heavy atom. The molecule has 3 aromatic rings. The minimum Gasteiger partial charge on any atom is -0.493 e. The molecule has 2 aliphatic rings. The van der Waals surface area contributed by atoms with Crippen LogP contribution in [-0.2, 0) is 5.41 Å². The van der Waals surface area contributed by atoms with Gasteiger partial charge in [-0.15, -0.1) is 0 Å². The number of fused-ring (bicyclic) bond motifs is 1. The van der Waals surface area contributed by atoms with Gasteiger partial charge in [0.1, 0.15) is 0 Å². The number of methoxy groups -OCH3 is 2. The smallest absolute Gasteiger partial charge is 0.319 e. The molecule has 1 saturated carbocycles. The van der Waals surface area contributed by atoms with Gasteiger partial charge in [-0.25, -0.2) is 9.78 Å². The van der Waals surface area contributed by atoms with Crippen molar-refractivity contribution in [1.82, 2.24) is 15.2 Å². The zero-order valence-electron chi connectivity index (χ0n) is 20.4. The van der Waals surface area contributed by atoms with Crippen molar-refractivity contribution < 1.29 is 18.7 Å². The van der Waals surface area contributed by atoms with Gasteiger partial charge in [0.2, 0.25) is 0 Å². The van der Waals surface area contributed by atoms with Crippen LogP contribution in [0.4, 0.5) is 10.5 Å². The zero-order chi connectivity index (χ0) is 24.4. The van der Waals surface area contributed by atoms with Crippen LogP contribution in [0, 0.1) is 0 Å². The maximum absolute atomic E-state index is 12.9. The summed E-state index contributed by atoms with van der Waals surface area (Å²) in [5, 5.41) is 6.18. The Morgan fingerprint density at radius 3 is 2.77 bits per heavy atom. The molecule has 0 bridgehead atoms. The van der Waals surface area contributed by atoms with E-state index in [0.717, 1.165) is 49.3 Å². The van der Waals surface area contributed by atoms with Crippen molar-refractivity contribution in [3.63, 3.8) is 0 Å². The van der Waals surface area contributed by atoms with Gasteiger partial charge in [-0.3, -0.25) is 0 Å². The normalized spacial score (nSPS) is 24.0. The Balaban J connectivity index is 1.27. The molecule has 1 aliphatic carbocycles. The SMILES string of the molecule is COc1ccc([C@@]23CC[C@H](NC(=O)Nc4cccc(-c5cnco5)c4)C[C@H]2N(C)CC3)cc1OC. The number of nitrogens with zero attached hydrogens (tertiary/aromatic N) is 2. The van der Waals surface area contributed by atoms with E-state index in [1.165, 1.54) is 12.0 Å². The molecule has 35 heavy (non-hydrogen) atoms. The van der Waals surface area contributed by atoms with Crippen LogP contribution < -0.4 is 20.1 Å². The summed E-state index contributed by atoms with van der Waals surface area (Å²) >= 11 is 0. The molecule has 2 fully saturated rings. The fourth-order valence-corrected chi connectivity index (χ4v) is 5.86. The highest BCUT2D eigenvalue weighted by molar-refractivity contribution is 5.90. The van der Waals surface area contributed by atoms with Crippen LogP contribution in [0.25, 0.3) is 11.3 Å². The summed E-state index contributed by atoms with van der Waals surface area (Å²) in [6.07, 6.45) is 6.97. The van der Waals surface area contributed by atoms with Crippen LogP contribution >= 0.6 is 0 Å². The predicted octanol–water partition coefficient (Wildman–Crippen LogP) is 4.67. The summed E-state index contributed by atoms with van der Waals surface area (Å²) in [6, 6.07) is 14.1. The molecule has 1 saturated heterocycles. The van der Waals surface area contributed by atoms with E-state index in [0.29, 0.717) is 17.5 Å². The number of urea groups is 1. The number of likely N-dealkylation sites (N-methyl/N-ethyl adjacent to an activating group) is 1. The number of likely N-dealkylation sites (tertiary alicyclic amines) is 1. The van der Waals surface area contributed by atoms with Crippen molar-refractivity contribution in [1.29, 1.82) is 0 Å². The molecule has 8 heteroatoms. The number of hydrogen-bond donors (Lipinski definition) is 2. The molecule has 5 rings (SSSR count). The number of carbonyl (C=O) groups excluding carboxylic acids is 1. The molecule has 184 valence electrons. The standard InChI is InChI=1S/C27H32N4O4/c1-31-12-11-27(19-7-8-22(33-2)23(14-19)34-3)10-9-21(15-25(27)31)30-26(32)29-20-6-4-5-18(13-20)24-16-28-17-35-24/h4-8,13-14,16-17,21,25H,9-12,15H2,1-3H3,(H2,29,30,32)/t21-,25+,27-/m0/s1. The third-order valence-electron chi connectivity index (χ3n) is 7.66. The molecule has 2 N–H and O–H groups in total. The summed E-state index contributed by atoms with van der Waals surface area (Å²) < 4.78 is 16.4. The van der Waals surface area contributed by atoms with Crippen molar-refractivity contribution in [3.05, 3.63) is 60.6 Å². The van der Waals surface area contributed by atoms with Crippen LogP contribution in [0.3, 0.4) is 0 Å². The van der Waals surface area contributed by atoms with Crippen molar-refractivity contribution in [2.75, 3.05) is 33.1 Å². The van der Waals surface area contributed by atoms with Crippen LogP contribution in [0.1, 0.15) is 31.2 Å². The minimum atomic E-state index is -0.191. The Morgan fingerprint density at radius 2 is 2.00 bits per heavy atom. The van der Waals surface area contributed by atoms with Crippen molar-refractivity contribution in [3.8, 4) is 22.8 Å². The monoisotopic (exact) mass is 476 g/mol. The van der Waals surface area contributed by atoms with Gasteiger partial charge < -0.3 is 29.4 Å². The Bertz CT molecular complexity index is 1180. The Kier molecular flexibility index (Phi) is 6.38. The van der Waals surface area contributed by atoms with Gasteiger partial charge in [0.15, 0.2) is 23.7 Å². The quantitative estimate of drug-likeness (QED) is 0.537. The fraction of sp³-hybridized carbons (Fsp3) is 0.407. The topological polar surface area (TPSA) is 88.9 Å². The van der Waals surface area contributed by atoms with E-state index >= 15 is 0 Å². The molecular formula is C27H32N4O4. The molecule has 3 atom stereocenters. The predicted molar refractivity (Wildman–Crippen MR) is 134 cm³/mol. The molecule has 1 aromatic heterocycles. The van der Waals surface area contributed by atoms with E-state index in [2.05, 4.69) is 39.7 Å². The Hall–Kier alpha value is -3.52. The van der Waals surface area contributed by atoms with Crippen molar-refractivity contribution in [2.45, 2.75) is 43.2 Å². The number of benzene rings is 2. The molecule has 2 heterocycles. The van der Waals surface area contributed by atoms with E-state index in [1.54, 1.807) is 20.4 Å². The average molecular weight is 477 g/mol. The number of ether oxygens (including phenoxy) is 2. The highest BCUT2D eigenvalue weighted by Gasteiger charge is 2.50. The number of aromatic nitrogens is 1. The lowest BCUT2D eigenvalue weighted by molar-refractivity contribution is 0.156.